The van der Waals surface area contributed by atoms with Gasteiger partial charge in [-0.15, -0.1) is 0 Å². The third-order valence-corrected chi connectivity index (χ3v) is 3.57. The predicted octanol–water partition coefficient (Wildman–Crippen LogP) is 2.22. The van der Waals surface area contributed by atoms with E-state index in [1.807, 2.05) is 20.8 Å². The third-order valence-electron chi connectivity index (χ3n) is 3.24. The smallest absolute Gasteiger partial charge is 0.407 e. The fraction of sp³-hybridized carbons (Fsp3) is 0.923. The largest absolute Gasteiger partial charge is 0.444 e. The Labute approximate surface area is 120 Å². The van der Waals surface area contributed by atoms with Gasteiger partial charge >= 0.3 is 6.09 Å². The molecule has 0 aromatic heterocycles. The first-order valence-corrected chi connectivity index (χ1v) is 7.97. The summed E-state index contributed by atoms with van der Waals surface area (Å²) in [6, 6.07) is 0.578. The fourth-order valence-corrected chi connectivity index (χ4v) is 2.61. The zero-order chi connectivity index (χ0) is 14.3. The number of nitrogens with two attached hydrogens (primary N) is 1. The van der Waals surface area contributed by atoms with Crippen LogP contribution in [0.15, 0.2) is 0 Å². The van der Waals surface area contributed by atoms with Crippen molar-refractivity contribution in [3.05, 3.63) is 0 Å². The standard InChI is InChI=1S/C13H27N3O2S/c1-13(2,3)18-12(17)15-8-10-4-6-11(7-5-10)16-9-19-14/h10-11,16H,4-9,14H2,1-3H3,(H,15,17). The summed E-state index contributed by atoms with van der Waals surface area (Å²) in [4.78, 5) is 11.5. The highest BCUT2D eigenvalue weighted by molar-refractivity contribution is 7.97. The summed E-state index contributed by atoms with van der Waals surface area (Å²) in [5, 5.41) is 11.7. The number of nitrogens with one attached hydrogen (secondary N) is 2. The summed E-state index contributed by atoms with van der Waals surface area (Å²) >= 11 is 1.33. The topological polar surface area (TPSA) is 76.4 Å². The molecule has 19 heavy (non-hydrogen) atoms. The Hall–Kier alpha value is -0.460. The molecule has 0 heterocycles. The second-order valence-electron chi connectivity index (χ2n) is 6.12. The van der Waals surface area contributed by atoms with E-state index in [9.17, 15) is 4.79 Å². The zero-order valence-electron chi connectivity index (χ0n) is 12.2. The first kappa shape index (κ1) is 16.6. The van der Waals surface area contributed by atoms with Crippen LogP contribution >= 0.6 is 11.9 Å². The third kappa shape index (κ3) is 7.64. The Morgan fingerprint density at radius 3 is 2.47 bits per heavy atom. The summed E-state index contributed by atoms with van der Waals surface area (Å²) in [7, 11) is 0. The van der Waals surface area contributed by atoms with Crippen LogP contribution in [0, 0.1) is 5.92 Å². The highest BCUT2D eigenvalue weighted by Gasteiger charge is 2.22. The van der Waals surface area contributed by atoms with Gasteiger partial charge in [-0.3, -0.25) is 5.14 Å². The van der Waals surface area contributed by atoms with Gasteiger partial charge in [-0.2, -0.15) is 0 Å². The quantitative estimate of drug-likeness (QED) is 0.534. The van der Waals surface area contributed by atoms with E-state index in [-0.39, 0.29) is 6.09 Å². The summed E-state index contributed by atoms with van der Waals surface area (Å²) in [6.45, 7) is 6.34. The maximum atomic E-state index is 11.5. The molecule has 6 heteroatoms. The molecule has 0 bridgehead atoms. The number of amides is 1. The van der Waals surface area contributed by atoms with Crippen molar-refractivity contribution in [1.82, 2.24) is 10.6 Å². The molecule has 1 aliphatic carbocycles. The van der Waals surface area contributed by atoms with E-state index < -0.39 is 5.60 Å². The van der Waals surface area contributed by atoms with Gasteiger partial charge in [0, 0.05) is 12.6 Å². The number of rotatable bonds is 5. The van der Waals surface area contributed by atoms with Gasteiger partial charge in [0.15, 0.2) is 0 Å². The SMILES string of the molecule is CC(C)(C)OC(=O)NCC1CCC(NCSN)CC1. The van der Waals surface area contributed by atoms with Gasteiger partial charge in [0.05, 0.1) is 5.88 Å². The van der Waals surface area contributed by atoms with E-state index in [4.69, 9.17) is 9.88 Å². The van der Waals surface area contributed by atoms with Crippen LogP contribution in [0.3, 0.4) is 0 Å². The Kier molecular flexibility index (Phi) is 6.96. The van der Waals surface area contributed by atoms with Crippen LogP contribution in [0.4, 0.5) is 4.79 Å². The average Bonchev–Trinajstić information content (AvgIpc) is 2.33. The van der Waals surface area contributed by atoms with E-state index in [1.54, 1.807) is 0 Å². The minimum absolute atomic E-state index is 0.313. The van der Waals surface area contributed by atoms with Crippen molar-refractivity contribution in [2.75, 3.05) is 12.4 Å². The minimum atomic E-state index is -0.425. The molecule has 1 saturated carbocycles. The van der Waals surface area contributed by atoms with Gasteiger partial charge in [0.2, 0.25) is 0 Å². The van der Waals surface area contributed by atoms with Gasteiger partial charge < -0.3 is 15.4 Å². The highest BCUT2D eigenvalue weighted by atomic mass is 32.2. The predicted molar refractivity (Wildman–Crippen MR) is 79.8 cm³/mol. The van der Waals surface area contributed by atoms with Crippen molar-refractivity contribution in [3.63, 3.8) is 0 Å². The van der Waals surface area contributed by atoms with Gasteiger partial charge in [-0.25, -0.2) is 4.79 Å². The molecule has 112 valence electrons. The first-order valence-electron chi connectivity index (χ1n) is 6.92. The lowest BCUT2D eigenvalue weighted by atomic mass is 9.86. The van der Waals surface area contributed by atoms with Crippen LogP contribution in [0.1, 0.15) is 46.5 Å². The Balaban J connectivity index is 2.14. The summed E-state index contributed by atoms with van der Waals surface area (Å²) in [5.74, 6) is 1.38. The van der Waals surface area contributed by atoms with Crippen molar-refractivity contribution >= 4 is 18.0 Å². The molecule has 0 unspecified atom stereocenters. The molecule has 0 radical (unpaired) electrons. The molecule has 5 nitrogen and oxygen atoms in total. The zero-order valence-corrected chi connectivity index (χ0v) is 13.0. The van der Waals surface area contributed by atoms with Crippen molar-refractivity contribution in [3.8, 4) is 0 Å². The molecule has 0 atom stereocenters. The summed E-state index contributed by atoms with van der Waals surface area (Å²) in [5.41, 5.74) is -0.425. The molecule has 1 aliphatic rings. The van der Waals surface area contributed by atoms with E-state index in [0.29, 0.717) is 18.5 Å². The number of hydrogen-bond acceptors (Lipinski definition) is 5. The molecule has 4 N–H and O–H groups in total. The van der Waals surface area contributed by atoms with Crippen LogP contribution < -0.4 is 15.8 Å². The molecule has 1 amide bonds. The lowest BCUT2D eigenvalue weighted by Crippen LogP contribution is -2.38. The molecular formula is C13H27N3O2S. The molecule has 0 aromatic carbocycles. The van der Waals surface area contributed by atoms with E-state index in [1.165, 1.54) is 11.9 Å². The molecule has 0 saturated heterocycles. The first-order chi connectivity index (χ1) is 8.90. The lowest BCUT2D eigenvalue weighted by Gasteiger charge is -2.29. The highest BCUT2D eigenvalue weighted by Crippen LogP contribution is 2.23. The molecule has 1 rings (SSSR count). The van der Waals surface area contributed by atoms with Gasteiger partial charge in [0.1, 0.15) is 5.60 Å². The number of alkyl carbamates (subject to hydrolysis) is 1. The van der Waals surface area contributed by atoms with Crippen LogP contribution in [-0.4, -0.2) is 30.2 Å². The van der Waals surface area contributed by atoms with Crippen LogP contribution in [-0.2, 0) is 4.74 Å². The van der Waals surface area contributed by atoms with E-state index in [2.05, 4.69) is 10.6 Å². The van der Waals surface area contributed by atoms with E-state index in [0.717, 1.165) is 31.6 Å². The minimum Gasteiger partial charge on any atom is -0.444 e. The second kappa shape index (κ2) is 7.97. The molecular weight excluding hydrogens is 262 g/mol. The summed E-state index contributed by atoms with van der Waals surface area (Å²) < 4.78 is 5.22. The average molecular weight is 289 g/mol. The lowest BCUT2D eigenvalue weighted by molar-refractivity contribution is 0.0514. The van der Waals surface area contributed by atoms with E-state index >= 15 is 0 Å². The van der Waals surface area contributed by atoms with Crippen molar-refractivity contribution < 1.29 is 9.53 Å². The Morgan fingerprint density at radius 1 is 1.32 bits per heavy atom. The molecule has 0 spiro atoms. The second-order valence-corrected chi connectivity index (χ2v) is 6.74. The van der Waals surface area contributed by atoms with Crippen LogP contribution in [0.25, 0.3) is 0 Å². The maximum Gasteiger partial charge on any atom is 0.407 e. The van der Waals surface area contributed by atoms with Crippen LogP contribution in [0.2, 0.25) is 0 Å². The van der Waals surface area contributed by atoms with Gasteiger partial charge in [0.25, 0.3) is 0 Å². The number of carbonyl (C=O) groups is 1. The molecule has 0 aromatic rings. The molecule has 1 fully saturated rings. The normalized spacial score (nSPS) is 24.0. The van der Waals surface area contributed by atoms with Gasteiger partial charge in [-0.1, -0.05) is 11.9 Å². The number of ether oxygens (including phenoxy) is 1. The molecule has 0 aliphatic heterocycles. The van der Waals surface area contributed by atoms with Crippen molar-refractivity contribution in [2.45, 2.75) is 58.1 Å². The summed E-state index contributed by atoms with van der Waals surface area (Å²) in [6.07, 6.45) is 4.28. The number of hydrogen-bond donors (Lipinski definition) is 3. The van der Waals surface area contributed by atoms with Crippen LogP contribution in [0.5, 0.6) is 0 Å². The Morgan fingerprint density at radius 2 is 1.95 bits per heavy atom. The fourth-order valence-electron chi connectivity index (χ4n) is 2.28. The van der Waals surface area contributed by atoms with Crippen molar-refractivity contribution in [2.24, 2.45) is 11.1 Å². The Bertz CT molecular complexity index is 274. The monoisotopic (exact) mass is 289 g/mol. The maximum absolute atomic E-state index is 11.5. The number of carbonyl (C=O) groups excluding carboxylic acids is 1. The van der Waals surface area contributed by atoms with Crippen molar-refractivity contribution in [1.29, 1.82) is 0 Å². The van der Waals surface area contributed by atoms with Gasteiger partial charge in [-0.05, 0) is 52.4 Å².